The van der Waals surface area contributed by atoms with Gasteiger partial charge in [-0.25, -0.2) is 0 Å². The minimum Gasteiger partial charge on any atom is -0.0753 e. The van der Waals surface area contributed by atoms with Gasteiger partial charge in [-0.2, -0.15) is 0 Å². The van der Waals surface area contributed by atoms with E-state index in [0.29, 0.717) is 0 Å². The smallest absolute Gasteiger partial charge is 0.0753 e. The van der Waals surface area contributed by atoms with Crippen molar-refractivity contribution in [3.8, 4) is 0 Å². The normalized spacial score (nSPS) is 14.2. The minimum absolute atomic E-state index is 1.69. The van der Waals surface area contributed by atoms with Crippen LogP contribution in [0.2, 0.25) is 183 Å². The van der Waals surface area contributed by atoms with Gasteiger partial charge < -0.3 is 0 Å². The maximum absolute atomic E-state index is 3.62. The molecule has 0 N–H and O–H groups in total. The molecule has 0 atom stereocenters. The van der Waals surface area contributed by atoms with Gasteiger partial charge in [-0.15, -0.1) is 0 Å². The highest BCUT2D eigenvalue weighted by Crippen LogP contribution is 2.60. The van der Waals surface area contributed by atoms with E-state index in [1.54, 1.807) is 62.2 Å². The zero-order chi connectivity index (χ0) is 86.9. The van der Waals surface area contributed by atoms with Crippen molar-refractivity contribution in [2.45, 2.75) is 183 Å². The van der Waals surface area contributed by atoms with Crippen molar-refractivity contribution >= 4 is 198 Å². The summed E-state index contributed by atoms with van der Waals surface area (Å²) in [5, 5.41) is 20.3. The van der Waals surface area contributed by atoms with Gasteiger partial charge in [0, 0.05) is 90.5 Å². The van der Waals surface area contributed by atoms with Crippen molar-refractivity contribution in [1.29, 1.82) is 0 Å². The van der Waals surface area contributed by atoms with Crippen LogP contribution in [0.5, 0.6) is 0 Å². The predicted octanol–water partition coefficient (Wildman–Crippen LogP) is 19.4. The third-order valence-electron chi connectivity index (χ3n) is 38.7. The molecule has 0 aliphatic rings. The Kier molecular flexibility index (Phi) is 26.2. The summed E-state index contributed by atoms with van der Waals surface area (Å²) in [4.78, 5) is 0. The molecule has 0 fully saturated rings. The number of benzene rings is 12. The molecule has 12 aromatic rings. The molecule has 0 nitrogen and oxygen atoms in total. The number of rotatable bonds is 30. The van der Waals surface area contributed by atoms with Crippen LogP contribution in [0.1, 0.15) is 0 Å². The highest BCUT2D eigenvalue weighted by atomic mass is 30.4. The zero-order valence-corrected chi connectivity index (χ0v) is 97.1. The van der Waals surface area contributed by atoms with Crippen molar-refractivity contribution < 1.29 is 0 Å². The number of hydrogen-bond acceptors (Lipinski definition) is 0. The summed E-state index contributed by atoms with van der Waals surface area (Å²) >= 11 is 0. The zero-order valence-electron chi connectivity index (χ0n) is 78.1. The topological polar surface area (TPSA) is 0 Å². The van der Waals surface area contributed by atoms with E-state index in [1.165, 1.54) is 0 Å². The van der Waals surface area contributed by atoms with E-state index in [4.69, 9.17) is 0 Å². The highest BCUT2D eigenvalue weighted by Gasteiger charge is 2.88. The average Bonchev–Trinajstić information content (AvgIpc) is 0.631. The maximum atomic E-state index is 3.62. The molecule has 119 heavy (non-hydrogen) atoms. The minimum atomic E-state index is -3.24. The van der Waals surface area contributed by atoms with Gasteiger partial charge in [0.25, 0.3) is 0 Å². The van der Waals surface area contributed by atoms with E-state index >= 15 is 0 Å². The molecule has 12 aromatic carbocycles. The Morgan fingerprint density at radius 2 is 0.160 bits per heavy atom. The monoisotopic (exact) mass is 1880 g/mol. The van der Waals surface area contributed by atoms with Gasteiger partial charge in [0.1, 0.15) is 45.5 Å². The lowest BCUT2D eigenvalue weighted by Gasteiger charge is -2.80. The van der Waals surface area contributed by atoms with Gasteiger partial charge in [-0.1, -0.05) is 610 Å². The Labute approximate surface area is 738 Å². The molecule has 0 aliphatic carbocycles. The largest absolute Gasteiger partial charge is 0.104 e. The van der Waals surface area contributed by atoms with Crippen LogP contribution in [-0.4, -0.2) is 136 Å². The molecule has 0 bridgehead atoms. The van der Waals surface area contributed by atoms with Gasteiger partial charge in [0.2, 0.25) is 0 Å². The van der Waals surface area contributed by atoms with Crippen molar-refractivity contribution in [1.82, 2.24) is 0 Å². The lowest BCUT2D eigenvalue weighted by Crippen LogP contribution is -3.12. The molecule has 0 unspecified atom stereocenters. The van der Waals surface area contributed by atoms with E-state index in [2.05, 4.69) is 547 Å². The molecule has 12 rings (SSSR count). The molecule has 0 heterocycles. The quantitative estimate of drug-likeness (QED) is 0.0394. The summed E-state index contributed by atoms with van der Waals surface area (Å²) in [6.45, 7) is 79.7. The summed E-state index contributed by atoms with van der Waals surface area (Å²) in [6.07, 6.45) is 0. The molecule has 19 heteroatoms. The van der Waals surface area contributed by atoms with Crippen LogP contribution in [0.4, 0.5) is 0 Å². The second-order valence-electron chi connectivity index (χ2n) is 42.3. The molecule has 0 aromatic heterocycles. The first kappa shape index (κ1) is 92.9. The van der Waals surface area contributed by atoms with Crippen molar-refractivity contribution in [3.05, 3.63) is 364 Å². The average molecular weight is 1880 g/mol. The number of hydrogen-bond donors (Lipinski definition) is 0. The summed E-state index contributed by atoms with van der Waals surface area (Å²) in [6, 6.07) is 153. The molecule has 0 amide bonds. The fourth-order valence-electron chi connectivity index (χ4n) is 28.5. The summed E-state index contributed by atoms with van der Waals surface area (Å²) < 4.78 is 0. The second kappa shape index (κ2) is 33.6. The SMILES string of the molecule is C[Si](c1ccccc1)(c1ccccc1)[Si](C)(C)[Si](C)([Si](C)(C)[Si](C)(c1ccccc1)c1ccccc1)[Si](C)(C)[Si](C)([Si](C)(C)[Si](C)([Si](C)(C)[Si](C)(c1ccccc1)c1ccccc1)[Si](C)(C)[Si](C)(c1ccccc1)c1ccccc1)[Si](C)(C)[Si](C)([Si](C)(C)[Si](C)(c1ccccc1)c1ccccc1)[Si](C)(C)[Si](C)(c1ccccc1)c1ccccc1. The van der Waals surface area contributed by atoms with E-state index in [9.17, 15) is 0 Å². The first-order chi connectivity index (χ1) is 55.8. The van der Waals surface area contributed by atoms with Gasteiger partial charge in [-0.3, -0.25) is 0 Å². The Morgan fingerprint density at radius 3 is 0.235 bits per heavy atom. The van der Waals surface area contributed by atoms with Crippen LogP contribution in [0.25, 0.3) is 0 Å². The molecular weight excluding hydrogens is 1730 g/mol. The van der Waals surface area contributed by atoms with Crippen LogP contribution in [0, 0.1) is 0 Å². The third kappa shape index (κ3) is 13.1. The van der Waals surface area contributed by atoms with Gasteiger partial charge in [0.05, 0.1) is 0 Å². The van der Waals surface area contributed by atoms with Crippen molar-refractivity contribution in [3.63, 3.8) is 0 Å². The van der Waals surface area contributed by atoms with E-state index < -0.39 is 136 Å². The lowest BCUT2D eigenvalue weighted by molar-refractivity contribution is 1.68. The van der Waals surface area contributed by atoms with E-state index in [-0.39, 0.29) is 0 Å². The second-order valence-corrected chi connectivity index (χ2v) is 254. The van der Waals surface area contributed by atoms with Crippen LogP contribution in [0.3, 0.4) is 0 Å². The van der Waals surface area contributed by atoms with Crippen LogP contribution >= 0.6 is 0 Å². The Bertz CT molecular complexity index is 4300. The molecule has 620 valence electrons. The van der Waals surface area contributed by atoms with E-state index in [1.807, 2.05) is 0 Å². The molecular formula is C100H144Si19. The third-order valence-corrected chi connectivity index (χ3v) is 517. The summed E-state index contributed by atoms with van der Waals surface area (Å²) in [5.41, 5.74) is 0. The fourth-order valence-corrected chi connectivity index (χ4v) is 903. The van der Waals surface area contributed by atoms with Gasteiger partial charge in [0.15, 0.2) is 0 Å². The van der Waals surface area contributed by atoms with Gasteiger partial charge >= 0.3 is 0 Å². The summed E-state index contributed by atoms with van der Waals surface area (Å²) in [7, 11) is -43.4. The molecule has 0 saturated carbocycles. The standard InChI is InChI=1S/C100H144Si19/c1-101(2,110(19,89-65-41-29-42-66-89)90-67-43-30-44-68-90)116(25,102(3,4)111(20,91-69-45-31-46-70-91)92-71-47-32-48-72-92)107(13,14)119(28,108(15,16)117(26,103(5,6)112(21,93-73-49-33-50-74-93)94-75-51-34-52-76-94)104(7,8)113(22,95-77-53-35-54-78-95)96-79-55-36-56-80-96)109(17,18)118(27,105(9,10)114(23,97-81-57-37-58-82-97)98-83-59-38-60-84-98)106(11,12)115(24,99-85-61-39-62-86-99)100-87-63-40-64-88-100/h29-88H,1-28H3. The Hall–Kier alpha value is -5.24. The molecule has 0 radical (unpaired) electrons. The van der Waals surface area contributed by atoms with Crippen molar-refractivity contribution in [2.75, 3.05) is 0 Å². The highest BCUT2D eigenvalue weighted by molar-refractivity contribution is 8.31. The summed E-state index contributed by atoms with van der Waals surface area (Å²) in [5.74, 6) is 0. The first-order valence-corrected chi connectivity index (χ1v) is 114. The lowest BCUT2D eigenvalue weighted by atomic mass is 10.4. The first-order valence-electron chi connectivity index (χ1n) is 44.4. The predicted molar refractivity (Wildman–Crippen MR) is 586 cm³/mol. The van der Waals surface area contributed by atoms with Crippen molar-refractivity contribution in [2.24, 2.45) is 0 Å². The van der Waals surface area contributed by atoms with Crippen LogP contribution < -0.4 is 62.2 Å². The maximum Gasteiger partial charge on any atom is 0.104 e. The van der Waals surface area contributed by atoms with E-state index in [0.717, 1.165) is 0 Å². The molecule has 0 spiro atoms. The fraction of sp³-hybridized carbons (Fsp3) is 0.280. The Morgan fingerprint density at radius 1 is 0.0924 bits per heavy atom. The molecule has 0 saturated heterocycles. The Balaban J connectivity index is 1.43. The van der Waals surface area contributed by atoms with Crippen LogP contribution in [-0.2, 0) is 0 Å². The van der Waals surface area contributed by atoms with Crippen LogP contribution in [0.15, 0.2) is 364 Å². The van der Waals surface area contributed by atoms with Gasteiger partial charge in [-0.05, 0) is 0 Å². The molecule has 0 aliphatic heterocycles.